The molecule has 2 aromatic rings. The minimum atomic E-state index is -0.157. The Labute approximate surface area is 159 Å². The molecule has 0 unspecified atom stereocenters. The summed E-state index contributed by atoms with van der Waals surface area (Å²) >= 11 is 1.24. The van der Waals surface area contributed by atoms with E-state index in [2.05, 4.69) is 23.3 Å². The van der Waals surface area contributed by atoms with Crippen molar-refractivity contribution in [2.45, 2.75) is 51.6 Å². The highest BCUT2D eigenvalue weighted by Crippen LogP contribution is 2.25. The topological polar surface area (TPSA) is 49.4 Å². The van der Waals surface area contributed by atoms with Crippen molar-refractivity contribution < 1.29 is 9.59 Å². The lowest BCUT2D eigenvalue weighted by Gasteiger charge is -2.31. The summed E-state index contributed by atoms with van der Waals surface area (Å²) in [7, 11) is 2.17. The number of nitrogens with one attached hydrogen (secondary N) is 1. The molecule has 0 atom stereocenters. The van der Waals surface area contributed by atoms with E-state index in [9.17, 15) is 9.59 Å². The van der Waals surface area contributed by atoms with Crippen LogP contribution in [0.15, 0.2) is 36.4 Å². The maximum Gasteiger partial charge on any atom is 0.265 e. The van der Waals surface area contributed by atoms with Crippen LogP contribution in [0.4, 0.5) is 5.69 Å². The van der Waals surface area contributed by atoms with E-state index in [1.807, 2.05) is 18.2 Å². The van der Waals surface area contributed by atoms with Crippen molar-refractivity contribution >= 4 is 28.7 Å². The Morgan fingerprint density at radius 3 is 2.46 bits per heavy atom. The molecule has 26 heavy (non-hydrogen) atoms. The van der Waals surface area contributed by atoms with Crippen LogP contribution in [0.5, 0.6) is 0 Å². The molecule has 0 spiro atoms. The van der Waals surface area contributed by atoms with Gasteiger partial charge in [0.25, 0.3) is 5.91 Å². The van der Waals surface area contributed by atoms with Gasteiger partial charge in [-0.05, 0) is 50.6 Å². The molecular weight excluding hydrogens is 344 g/mol. The minimum absolute atomic E-state index is 0.0106. The van der Waals surface area contributed by atoms with Gasteiger partial charge in [-0.15, -0.1) is 11.3 Å². The van der Waals surface area contributed by atoms with E-state index in [0.29, 0.717) is 15.8 Å². The van der Waals surface area contributed by atoms with E-state index in [1.165, 1.54) is 50.4 Å². The van der Waals surface area contributed by atoms with Gasteiger partial charge in [0.15, 0.2) is 5.78 Å². The molecule has 5 heteroatoms. The molecule has 0 radical (unpaired) electrons. The molecule has 1 aliphatic carbocycles. The number of thiophene rings is 1. The third-order valence-electron chi connectivity index (χ3n) is 5.06. The van der Waals surface area contributed by atoms with E-state index >= 15 is 0 Å². The third-order valence-corrected chi connectivity index (χ3v) is 6.24. The number of Topliss-reactive ketones (excluding diaryl/α,β-unsaturated/α-hetero) is 1. The first-order valence-electron chi connectivity index (χ1n) is 9.25. The molecule has 138 valence electrons. The van der Waals surface area contributed by atoms with Gasteiger partial charge in [0.1, 0.15) is 0 Å². The summed E-state index contributed by atoms with van der Waals surface area (Å²) in [6, 6.07) is 12.0. The number of para-hydroxylation sites is 1. The van der Waals surface area contributed by atoms with Crippen LogP contribution < -0.4 is 5.32 Å². The molecule has 1 saturated carbocycles. The molecule has 1 aliphatic rings. The molecule has 3 rings (SSSR count). The number of hydrogen-bond donors (Lipinski definition) is 1. The fraction of sp³-hybridized carbons (Fsp3) is 0.429. The van der Waals surface area contributed by atoms with Crippen molar-refractivity contribution in [1.29, 1.82) is 0 Å². The predicted molar refractivity (Wildman–Crippen MR) is 107 cm³/mol. The zero-order valence-electron chi connectivity index (χ0n) is 15.5. The summed E-state index contributed by atoms with van der Waals surface area (Å²) in [6.45, 7) is 2.34. The Morgan fingerprint density at radius 1 is 1.08 bits per heavy atom. The summed E-state index contributed by atoms with van der Waals surface area (Å²) in [5.74, 6) is -0.168. The Morgan fingerprint density at radius 2 is 1.77 bits per heavy atom. The third kappa shape index (κ3) is 4.59. The maximum atomic E-state index is 12.6. The highest BCUT2D eigenvalue weighted by molar-refractivity contribution is 7.16. The molecular formula is C21H26N2O2S. The average Bonchev–Trinajstić information content (AvgIpc) is 3.15. The molecule has 1 aromatic carbocycles. The molecule has 0 saturated heterocycles. The fourth-order valence-electron chi connectivity index (χ4n) is 3.53. The van der Waals surface area contributed by atoms with E-state index in [0.717, 1.165) is 17.8 Å². The van der Waals surface area contributed by atoms with E-state index in [1.54, 1.807) is 12.1 Å². The predicted octanol–water partition coefficient (Wildman–Crippen LogP) is 4.97. The van der Waals surface area contributed by atoms with Gasteiger partial charge in [0.05, 0.1) is 9.75 Å². The van der Waals surface area contributed by atoms with Gasteiger partial charge in [-0.1, -0.05) is 37.5 Å². The normalized spacial score (nSPS) is 15.2. The van der Waals surface area contributed by atoms with E-state index < -0.39 is 0 Å². The Bertz CT molecular complexity index is 778. The first kappa shape index (κ1) is 18.8. The highest BCUT2D eigenvalue weighted by atomic mass is 32.1. The van der Waals surface area contributed by atoms with Crippen molar-refractivity contribution in [3.05, 3.63) is 51.7 Å². The number of carbonyl (C=O) groups excluding carboxylic acids is 2. The molecule has 0 aliphatic heterocycles. The second-order valence-corrected chi connectivity index (χ2v) is 8.12. The number of hydrogen-bond acceptors (Lipinski definition) is 4. The Balaban J connectivity index is 1.69. The van der Waals surface area contributed by atoms with Gasteiger partial charge in [-0.3, -0.25) is 14.5 Å². The van der Waals surface area contributed by atoms with Gasteiger partial charge in [0.2, 0.25) is 0 Å². The second-order valence-electron chi connectivity index (χ2n) is 7.04. The van der Waals surface area contributed by atoms with Crippen LogP contribution in [0.25, 0.3) is 0 Å². The van der Waals surface area contributed by atoms with Gasteiger partial charge < -0.3 is 5.32 Å². The molecule has 1 heterocycles. The van der Waals surface area contributed by atoms with Gasteiger partial charge in [-0.25, -0.2) is 0 Å². The number of amides is 1. The van der Waals surface area contributed by atoms with Crippen molar-refractivity contribution in [2.24, 2.45) is 0 Å². The molecule has 1 aromatic heterocycles. The van der Waals surface area contributed by atoms with Crippen LogP contribution in [0.1, 0.15) is 63.9 Å². The summed E-state index contributed by atoms with van der Waals surface area (Å²) in [5.41, 5.74) is 1.97. The quantitative estimate of drug-likeness (QED) is 0.731. The first-order valence-corrected chi connectivity index (χ1v) is 10.1. The number of anilines is 1. The smallest absolute Gasteiger partial charge is 0.265 e. The van der Waals surface area contributed by atoms with Crippen LogP contribution in [0.2, 0.25) is 0 Å². The molecule has 4 nitrogen and oxygen atoms in total. The first-order chi connectivity index (χ1) is 12.5. The molecule has 1 fully saturated rings. The summed E-state index contributed by atoms with van der Waals surface area (Å²) < 4.78 is 0. The van der Waals surface area contributed by atoms with Gasteiger partial charge in [-0.2, -0.15) is 0 Å². The minimum Gasteiger partial charge on any atom is -0.321 e. The van der Waals surface area contributed by atoms with Crippen molar-refractivity contribution in [2.75, 3.05) is 12.4 Å². The van der Waals surface area contributed by atoms with Crippen molar-refractivity contribution in [3.63, 3.8) is 0 Å². The van der Waals surface area contributed by atoms with Crippen molar-refractivity contribution in [1.82, 2.24) is 4.90 Å². The largest absolute Gasteiger partial charge is 0.321 e. The van der Waals surface area contributed by atoms with Gasteiger partial charge >= 0.3 is 0 Å². The van der Waals surface area contributed by atoms with Crippen LogP contribution in [-0.4, -0.2) is 29.7 Å². The lowest BCUT2D eigenvalue weighted by Crippen LogP contribution is -2.33. The zero-order valence-corrected chi connectivity index (χ0v) is 16.3. The Hall–Kier alpha value is -1.98. The van der Waals surface area contributed by atoms with Crippen LogP contribution in [0, 0.1) is 0 Å². The molecule has 1 amide bonds. The maximum absolute atomic E-state index is 12.6. The fourth-order valence-corrected chi connectivity index (χ4v) is 4.33. The zero-order chi connectivity index (χ0) is 18.5. The number of rotatable bonds is 6. The van der Waals surface area contributed by atoms with E-state index in [4.69, 9.17) is 0 Å². The molecule has 0 bridgehead atoms. The van der Waals surface area contributed by atoms with Gasteiger partial charge in [0, 0.05) is 18.3 Å². The number of benzene rings is 1. The SMILES string of the molecule is CC(=O)c1ccc(C(=O)Nc2ccccc2CN(C)C2CCCCC2)s1. The highest BCUT2D eigenvalue weighted by Gasteiger charge is 2.19. The molecule has 1 N–H and O–H groups in total. The lowest BCUT2D eigenvalue weighted by molar-refractivity contribution is 0.101. The second kappa shape index (κ2) is 8.60. The number of nitrogens with zero attached hydrogens (tertiary/aromatic N) is 1. The monoisotopic (exact) mass is 370 g/mol. The summed E-state index contributed by atoms with van der Waals surface area (Å²) in [5, 5.41) is 3.02. The average molecular weight is 371 g/mol. The standard InChI is InChI=1S/C21H26N2O2S/c1-15(24)19-12-13-20(26-19)21(25)22-18-11-7-6-8-16(18)14-23(2)17-9-4-3-5-10-17/h6-8,11-13,17H,3-5,9-10,14H2,1-2H3,(H,22,25). The summed E-state index contributed by atoms with van der Waals surface area (Å²) in [6.07, 6.45) is 6.48. The number of carbonyl (C=O) groups is 2. The van der Waals surface area contributed by atoms with Crippen LogP contribution in [0.3, 0.4) is 0 Å². The number of ketones is 1. The van der Waals surface area contributed by atoms with Crippen LogP contribution >= 0.6 is 11.3 Å². The lowest BCUT2D eigenvalue weighted by atomic mass is 9.94. The van der Waals surface area contributed by atoms with E-state index in [-0.39, 0.29) is 11.7 Å². The Kier molecular flexibility index (Phi) is 6.22. The summed E-state index contributed by atoms with van der Waals surface area (Å²) in [4.78, 5) is 27.6. The van der Waals surface area contributed by atoms with Crippen LogP contribution in [-0.2, 0) is 6.54 Å². The van der Waals surface area contributed by atoms with Crippen molar-refractivity contribution in [3.8, 4) is 0 Å².